The van der Waals surface area contributed by atoms with E-state index in [1.807, 2.05) is 55.5 Å². The molecule has 3 aromatic carbocycles. The molecule has 1 aliphatic heterocycles. The van der Waals surface area contributed by atoms with Gasteiger partial charge in [-0.05, 0) is 72.0 Å². The highest BCUT2D eigenvalue weighted by Gasteiger charge is 2.37. The van der Waals surface area contributed by atoms with E-state index in [1.54, 1.807) is 24.3 Å². The lowest BCUT2D eigenvalue weighted by atomic mass is 9.97. The fraction of sp³-hybridized carbons (Fsp3) is 0.0800. The largest absolute Gasteiger partial charge is 0.335 e. The van der Waals surface area contributed by atoms with Gasteiger partial charge in [0.2, 0.25) is 0 Å². The first-order valence-corrected chi connectivity index (χ1v) is 11.4. The van der Waals surface area contributed by atoms with Gasteiger partial charge < -0.3 is 0 Å². The summed E-state index contributed by atoms with van der Waals surface area (Å²) in [6.07, 6.45) is 2.15. The highest BCUT2D eigenvalue weighted by atomic mass is 79.9. The van der Waals surface area contributed by atoms with Gasteiger partial charge in [0.25, 0.3) is 11.8 Å². The number of carbonyl (C=O) groups excluding carboxylic acids is 3. The normalized spacial score (nSPS) is 15.3. The number of rotatable bonds is 4. The van der Waals surface area contributed by atoms with Crippen LogP contribution in [-0.2, 0) is 16.0 Å². The van der Waals surface area contributed by atoms with Gasteiger partial charge in [0.05, 0.1) is 5.69 Å². The monoisotopic (exact) mass is 552 g/mol. The zero-order valence-electron chi connectivity index (χ0n) is 17.1. The number of amides is 4. The van der Waals surface area contributed by atoms with Crippen LogP contribution in [0.1, 0.15) is 22.3 Å². The van der Waals surface area contributed by atoms with Crippen LogP contribution in [0.4, 0.5) is 10.5 Å². The number of imide groups is 2. The first-order chi connectivity index (χ1) is 15.3. The minimum absolute atomic E-state index is 0.0995. The lowest BCUT2D eigenvalue weighted by Crippen LogP contribution is -2.54. The van der Waals surface area contributed by atoms with E-state index < -0.39 is 17.8 Å². The molecule has 4 rings (SSSR count). The Kier molecular flexibility index (Phi) is 6.39. The summed E-state index contributed by atoms with van der Waals surface area (Å²) in [6, 6.07) is 19.9. The average Bonchev–Trinajstić information content (AvgIpc) is 2.74. The molecule has 1 aliphatic rings. The van der Waals surface area contributed by atoms with E-state index in [2.05, 4.69) is 37.2 Å². The molecule has 0 bridgehead atoms. The maximum atomic E-state index is 13.2. The van der Waals surface area contributed by atoms with Crippen LogP contribution in [0.3, 0.4) is 0 Å². The Bertz CT molecular complexity index is 1280. The van der Waals surface area contributed by atoms with Gasteiger partial charge in [0.1, 0.15) is 5.57 Å². The number of benzene rings is 3. The number of anilines is 1. The van der Waals surface area contributed by atoms with Crippen molar-refractivity contribution in [2.45, 2.75) is 13.3 Å². The molecule has 5 nitrogen and oxygen atoms in total. The van der Waals surface area contributed by atoms with Crippen LogP contribution in [0.2, 0.25) is 0 Å². The van der Waals surface area contributed by atoms with Crippen molar-refractivity contribution < 1.29 is 14.4 Å². The summed E-state index contributed by atoms with van der Waals surface area (Å²) >= 11 is 7.04. The maximum Gasteiger partial charge on any atom is 0.335 e. The van der Waals surface area contributed by atoms with Gasteiger partial charge >= 0.3 is 6.03 Å². The maximum absolute atomic E-state index is 13.2. The van der Waals surface area contributed by atoms with Crippen molar-refractivity contribution in [3.05, 3.63) is 104 Å². The van der Waals surface area contributed by atoms with Crippen LogP contribution in [0, 0.1) is 6.92 Å². The van der Waals surface area contributed by atoms with Crippen molar-refractivity contribution >= 4 is 61.5 Å². The van der Waals surface area contributed by atoms with Crippen LogP contribution in [0.5, 0.6) is 0 Å². The van der Waals surface area contributed by atoms with Crippen LogP contribution in [0.15, 0.2) is 81.2 Å². The number of nitrogens with one attached hydrogen (secondary N) is 1. The summed E-state index contributed by atoms with van der Waals surface area (Å²) in [6.45, 7) is 1.87. The second-order valence-corrected chi connectivity index (χ2v) is 9.18. The third kappa shape index (κ3) is 4.59. The lowest BCUT2D eigenvalue weighted by molar-refractivity contribution is -0.122. The van der Waals surface area contributed by atoms with Crippen LogP contribution in [-0.4, -0.2) is 17.8 Å². The SMILES string of the molecule is Cc1cccc(N2C(=O)NC(=O)/C(=C\c3cc(Br)ccc3Cc3ccccc3Br)C2=O)c1. The van der Waals surface area contributed by atoms with Crippen molar-refractivity contribution in [1.29, 1.82) is 0 Å². The smallest absolute Gasteiger partial charge is 0.273 e. The number of aryl methyl sites for hydroxylation is 1. The summed E-state index contributed by atoms with van der Waals surface area (Å²) in [4.78, 5) is 39.3. The molecule has 3 aromatic rings. The minimum Gasteiger partial charge on any atom is -0.273 e. The molecule has 0 unspecified atom stereocenters. The predicted molar refractivity (Wildman–Crippen MR) is 131 cm³/mol. The average molecular weight is 554 g/mol. The van der Waals surface area contributed by atoms with E-state index >= 15 is 0 Å². The van der Waals surface area contributed by atoms with E-state index in [9.17, 15) is 14.4 Å². The summed E-state index contributed by atoms with van der Waals surface area (Å²) in [5, 5.41) is 2.28. The summed E-state index contributed by atoms with van der Waals surface area (Å²) < 4.78 is 1.79. The van der Waals surface area contributed by atoms with Crippen LogP contribution < -0.4 is 10.2 Å². The van der Waals surface area contributed by atoms with Gasteiger partial charge in [-0.25, -0.2) is 9.69 Å². The molecule has 160 valence electrons. The van der Waals surface area contributed by atoms with Crippen molar-refractivity contribution in [2.24, 2.45) is 0 Å². The van der Waals surface area contributed by atoms with Crippen LogP contribution in [0.25, 0.3) is 6.08 Å². The van der Waals surface area contributed by atoms with E-state index in [1.165, 1.54) is 0 Å². The summed E-state index contributed by atoms with van der Waals surface area (Å²) in [5.41, 5.74) is 3.93. The molecule has 7 heteroatoms. The van der Waals surface area contributed by atoms with E-state index in [4.69, 9.17) is 0 Å². The third-order valence-corrected chi connectivity index (χ3v) is 6.37. The minimum atomic E-state index is -0.759. The number of urea groups is 1. The van der Waals surface area contributed by atoms with E-state index in [0.717, 1.165) is 30.5 Å². The molecule has 0 saturated carbocycles. The fourth-order valence-corrected chi connectivity index (χ4v) is 4.33. The molecule has 0 spiro atoms. The first-order valence-electron chi connectivity index (χ1n) is 9.83. The highest BCUT2D eigenvalue weighted by molar-refractivity contribution is 9.10. The second-order valence-electron chi connectivity index (χ2n) is 7.41. The number of carbonyl (C=O) groups is 3. The predicted octanol–water partition coefficient (Wildman–Crippen LogP) is 5.78. The first kappa shape index (κ1) is 22.2. The molecule has 1 saturated heterocycles. The Morgan fingerprint density at radius 2 is 1.69 bits per heavy atom. The Hall–Kier alpha value is -3.03. The molecule has 1 fully saturated rings. The second kappa shape index (κ2) is 9.22. The van der Waals surface area contributed by atoms with Gasteiger partial charge in [-0.15, -0.1) is 0 Å². The van der Waals surface area contributed by atoms with Gasteiger partial charge in [0.15, 0.2) is 0 Å². The molecular formula is C25H18Br2N2O3. The number of hydrogen-bond acceptors (Lipinski definition) is 3. The Morgan fingerprint density at radius 1 is 0.906 bits per heavy atom. The summed E-state index contributed by atoms with van der Waals surface area (Å²) in [7, 11) is 0. The third-order valence-electron chi connectivity index (χ3n) is 5.11. The number of halogens is 2. The molecule has 0 aliphatic carbocycles. The van der Waals surface area contributed by atoms with Crippen molar-refractivity contribution in [2.75, 3.05) is 4.90 Å². The van der Waals surface area contributed by atoms with Gasteiger partial charge in [0, 0.05) is 8.95 Å². The standard InChI is InChI=1S/C25H18Br2N2O3/c1-15-5-4-7-20(11-15)29-24(31)21(23(30)28-25(29)32)14-18-13-19(26)10-9-16(18)12-17-6-2-3-8-22(17)27/h2-11,13-14H,12H2,1H3,(H,28,30,32)/b21-14+. The van der Waals surface area contributed by atoms with Crippen molar-refractivity contribution in [3.63, 3.8) is 0 Å². The Morgan fingerprint density at radius 3 is 2.44 bits per heavy atom. The molecule has 0 aromatic heterocycles. The highest BCUT2D eigenvalue weighted by Crippen LogP contribution is 2.27. The number of barbiturate groups is 1. The van der Waals surface area contributed by atoms with Crippen LogP contribution >= 0.6 is 31.9 Å². The Labute approximate surface area is 202 Å². The van der Waals surface area contributed by atoms with Gasteiger partial charge in [-0.3, -0.25) is 14.9 Å². The molecule has 1 heterocycles. The number of hydrogen-bond donors (Lipinski definition) is 1. The zero-order valence-corrected chi connectivity index (χ0v) is 20.2. The molecule has 32 heavy (non-hydrogen) atoms. The molecule has 4 amide bonds. The molecule has 0 radical (unpaired) electrons. The lowest BCUT2D eigenvalue weighted by Gasteiger charge is -2.26. The molecular weight excluding hydrogens is 536 g/mol. The molecule has 1 N–H and O–H groups in total. The number of nitrogens with zero attached hydrogens (tertiary/aromatic N) is 1. The zero-order chi connectivity index (χ0) is 22.8. The quantitative estimate of drug-likeness (QED) is 0.329. The van der Waals surface area contributed by atoms with E-state index in [-0.39, 0.29) is 5.57 Å². The topological polar surface area (TPSA) is 66.5 Å². The van der Waals surface area contributed by atoms with E-state index in [0.29, 0.717) is 17.7 Å². The Balaban J connectivity index is 1.76. The van der Waals surface area contributed by atoms with Gasteiger partial charge in [-0.1, -0.05) is 68.3 Å². The van der Waals surface area contributed by atoms with Crippen molar-refractivity contribution in [3.8, 4) is 0 Å². The fourth-order valence-electron chi connectivity index (χ4n) is 3.52. The molecule has 0 atom stereocenters. The summed E-state index contributed by atoms with van der Waals surface area (Å²) in [5.74, 6) is -1.37. The van der Waals surface area contributed by atoms with Crippen molar-refractivity contribution in [1.82, 2.24) is 5.32 Å². The van der Waals surface area contributed by atoms with Gasteiger partial charge in [-0.2, -0.15) is 0 Å².